The van der Waals surface area contributed by atoms with Crippen LogP contribution in [0.15, 0.2) is 0 Å². The standard InChI is InChI=1S/C8H18Te/c1-4-5-6-7-8(2)9-3/h8H,4-7H2,1-3H3. The van der Waals surface area contributed by atoms with Crippen molar-refractivity contribution in [1.29, 1.82) is 0 Å². The fourth-order valence-electron chi connectivity index (χ4n) is 0.800. The minimum atomic E-state index is 0.377. The van der Waals surface area contributed by atoms with Gasteiger partial charge in [0.25, 0.3) is 0 Å². The van der Waals surface area contributed by atoms with E-state index >= 15 is 0 Å². The van der Waals surface area contributed by atoms with Crippen molar-refractivity contribution < 1.29 is 0 Å². The van der Waals surface area contributed by atoms with Crippen LogP contribution in [0.4, 0.5) is 0 Å². The summed E-state index contributed by atoms with van der Waals surface area (Å²) in [5.74, 6) is 0. The Bertz CT molecular complexity index is 52.5. The Kier molecular flexibility index (Phi) is 7.51. The predicted octanol–water partition coefficient (Wildman–Crippen LogP) is 3.13. The molecule has 0 amide bonds. The minimum absolute atomic E-state index is 0.377. The fourth-order valence-corrected chi connectivity index (χ4v) is 1.95. The Morgan fingerprint density at radius 2 is 2.00 bits per heavy atom. The first-order valence-electron chi connectivity index (χ1n) is 3.84. The van der Waals surface area contributed by atoms with Crippen molar-refractivity contribution in [3.8, 4) is 0 Å². The van der Waals surface area contributed by atoms with Gasteiger partial charge in [-0.25, -0.2) is 0 Å². The van der Waals surface area contributed by atoms with Crippen LogP contribution in [0.25, 0.3) is 0 Å². The molecule has 0 heterocycles. The molecule has 56 valence electrons. The summed E-state index contributed by atoms with van der Waals surface area (Å²) in [5.41, 5.74) is 0. The van der Waals surface area contributed by atoms with Gasteiger partial charge in [0.1, 0.15) is 0 Å². The molecule has 0 aromatic rings. The van der Waals surface area contributed by atoms with Crippen molar-refractivity contribution in [2.45, 2.75) is 48.5 Å². The first-order valence-corrected chi connectivity index (χ1v) is 7.51. The topological polar surface area (TPSA) is 0 Å². The first-order chi connectivity index (χ1) is 4.31. The summed E-state index contributed by atoms with van der Waals surface area (Å²) in [6, 6.07) is 0. The summed E-state index contributed by atoms with van der Waals surface area (Å²) in [4.78, 5) is 2.40. The fraction of sp³-hybridized carbons (Fsp3) is 1.00. The van der Waals surface area contributed by atoms with Gasteiger partial charge < -0.3 is 0 Å². The summed E-state index contributed by atoms with van der Waals surface area (Å²) < 4.78 is 1.09. The van der Waals surface area contributed by atoms with E-state index in [1.807, 2.05) is 0 Å². The van der Waals surface area contributed by atoms with E-state index in [0.29, 0.717) is 20.9 Å². The van der Waals surface area contributed by atoms with Gasteiger partial charge in [0.05, 0.1) is 0 Å². The van der Waals surface area contributed by atoms with Crippen LogP contribution in [0, 0.1) is 0 Å². The Hall–Kier alpha value is 0.790. The van der Waals surface area contributed by atoms with Crippen LogP contribution >= 0.6 is 0 Å². The number of unbranched alkanes of at least 4 members (excludes halogenated alkanes) is 2. The molecule has 0 fully saturated rings. The van der Waals surface area contributed by atoms with Gasteiger partial charge in [0, 0.05) is 0 Å². The van der Waals surface area contributed by atoms with Crippen molar-refractivity contribution >= 4 is 20.9 Å². The Morgan fingerprint density at radius 1 is 1.33 bits per heavy atom. The predicted molar refractivity (Wildman–Crippen MR) is 45.2 cm³/mol. The molecule has 0 aliphatic heterocycles. The van der Waals surface area contributed by atoms with E-state index in [9.17, 15) is 0 Å². The Morgan fingerprint density at radius 3 is 2.44 bits per heavy atom. The zero-order chi connectivity index (χ0) is 7.11. The van der Waals surface area contributed by atoms with Crippen LogP contribution in [0.3, 0.4) is 0 Å². The summed E-state index contributed by atoms with van der Waals surface area (Å²) in [6.07, 6.45) is 5.77. The van der Waals surface area contributed by atoms with Crippen molar-refractivity contribution in [2.24, 2.45) is 0 Å². The molecular weight excluding hydrogens is 224 g/mol. The average Bonchev–Trinajstić information content (AvgIpc) is 1.89. The zero-order valence-corrected chi connectivity index (χ0v) is 9.14. The van der Waals surface area contributed by atoms with E-state index in [1.165, 1.54) is 25.7 Å². The van der Waals surface area contributed by atoms with Crippen LogP contribution in [0.2, 0.25) is 8.94 Å². The zero-order valence-electron chi connectivity index (χ0n) is 6.81. The maximum atomic E-state index is 2.40. The van der Waals surface area contributed by atoms with Crippen molar-refractivity contribution in [3.05, 3.63) is 0 Å². The SMILES string of the molecule is CCCCCC(C)[Te]C. The van der Waals surface area contributed by atoms with Crippen LogP contribution in [-0.4, -0.2) is 20.9 Å². The van der Waals surface area contributed by atoms with E-state index in [1.54, 1.807) is 0 Å². The second-order valence-corrected chi connectivity index (χ2v) is 6.18. The molecule has 0 nitrogen and oxygen atoms in total. The molecule has 0 aliphatic carbocycles. The van der Waals surface area contributed by atoms with E-state index in [-0.39, 0.29) is 0 Å². The Balaban J connectivity index is 2.88. The molecule has 0 aromatic heterocycles. The molecule has 0 aromatic carbocycles. The average molecular weight is 242 g/mol. The molecule has 1 atom stereocenters. The van der Waals surface area contributed by atoms with Crippen LogP contribution < -0.4 is 0 Å². The summed E-state index contributed by atoms with van der Waals surface area (Å²) in [6.45, 7) is 4.67. The third-order valence-electron chi connectivity index (χ3n) is 1.62. The molecule has 0 N–H and O–H groups in total. The van der Waals surface area contributed by atoms with Gasteiger partial charge in [0.15, 0.2) is 0 Å². The van der Waals surface area contributed by atoms with Gasteiger partial charge >= 0.3 is 69.4 Å². The summed E-state index contributed by atoms with van der Waals surface area (Å²) in [5, 5.41) is 0. The quantitative estimate of drug-likeness (QED) is 0.513. The third-order valence-corrected chi connectivity index (χ3v) is 4.59. The van der Waals surface area contributed by atoms with E-state index in [0.717, 1.165) is 3.97 Å². The molecule has 0 saturated heterocycles. The van der Waals surface area contributed by atoms with Gasteiger partial charge in [-0.2, -0.15) is 0 Å². The number of hydrogen-bond donors (Lipinski definition) is 0. The summed E-state index contributed by atoms with van der Waals surface area (Å²) >= 11 is 0.377. The van der Waals surface area contributed by atoms with Gasteiger partial charge in [-0.05, 0) is 0 Å². The number of hydrogen-bond acceptors (Lipinski definition) is 0. The number of rotatable bonds is 5. The maximum absolute atomic E-state index is 2.40. The van der Waals surface area contributed by atoms with Gasteiger partial charge in [-0.15, -0.1) is 0 Å². The molecule has 0 spiro atoms. The van der Waals surface area contributed by atoms with E-state index in [4.69, 9.17) is 0 Å². The normalized spacial score (nSPS) is 13.7. The molecule has 0 bridgehead atoms. The molecular formula is C8H18Te. The first kappa shape index (κ1) is 9.79. The van der Waals surface area contributed by atoms with Crippen molar-refractivity contribution in [3.63, 3.8) is 0 Å². The van der Waals surface area contributed by atoms with Crippen molar-refractivity contribution in [2.75, 3.05) is 0 Å². The molecule has 0 aliphatic rings. The van der Waals surface area contributed by atoms with Crippen LogP contribution in [0.1, 0.15) is 39.5 Å². The molecule has 9 heavy (non-hydrogen) atoms. The molecule has 1 unspecified atom stereocenters. The second-order valence-electron chi connectivity index (χ2n) is 2.54. The van der Waals surface area contributed by atoms with Crippen LogP contribution in [0.5, 0.6) is 0 Å². The third kappa shape index (κ3) is 6.68. The second kappa shape index (κ2) is 6.90. The molecule has 1 heteroatoms. The Labute approximate surface area is 69.5 Å². The van der Waals surface area contributed by atoms with E-state index in [2.05, 4.69) is 18.8 Å². The van der Waals surface area contributed by atoms with Gasteiger partial charge in [0.2, 0.25) is 0 Å². The van der Waals surface area contributed by atoms with E-state index < -0.39 is 0 Å². The molecule has 0 radical (unpaired) electrons. The van der Waals surface area contributed by atoms with Gasteiger partial charge in [-0.3, -0.25) is 0 Å². The van der Waals surface area contributed by atoms with Crippen molar-refractivity contribution in [1.82, 2.24) is 0 Å². The summed E-state index contributed by atoms with van der Waals surface area (Å²) in [7, 11) is 0. The van der Waals surface area contributed by atoms with Gasteiger partial charge in [-0.1, -0.05) is 0 Å². The molecule has 0 saturated carbocycles. The van der Waals surface area contributed by atoms with Crippen LogP contribution in [-0.2, 0) is 0 Å². The monoisotopic (exact) mass is 244 g/mol. The molecule has 0 rings (SSSR count).